The Morgan fingerprint density at radius 2 is 1.28 bits per heavy atom. The number of aryl methyl sites for hydroxylation is 1. The van der Waals surface area contributed by atoms with E-state index in [9.17, 15) is 0 Å². The van der Waals surface area contributed by atoms with Gasteiger partial charge in [-0.05, 0) is 20.8 Å². The van der Waals surface area contributed by atoms with Crippen molar-refractivity contribution < 1.29 is 13.3 Å². The van der Waals surface area contributed by atoms with E-state index in [2.05, 4.69) is 41.0 Å². The average Bonchev–Trinajstić information content (AvgIpc) is 3.18. The van der Waals surface area contributed by atoms with Crippen molar-refractivity contribution in [2.75, 3.05) is 19.8 Å². The zero-order chi connectivity index (χ0) is 20.5. The molecule has 1 heterocycles. The molecule has 0 aliphatic heterocycles. The van der Waals surface area contributed by atoms with Crippen molar-refractivity contribution in [3.63, 3.8) is 0 Å². The van der Waals surface area contributed by atoms with Crippen molar-refractivity contribution in [3.8, 4) is 22.5 Å². The van der Waals surface area contributed by atoms with Crippen LogP contribution in [0.25, 0.3) is 22.5 Å². The van der Waals surface area contributed by atoms with E-state index in [4.69, 9.17) is 18.3 Å². The summed E-state index contributed by atoms with van der Waals surface area (Å²) in [5.74, 6) is 0. The molecule has 0 fully saturated rings. The lowest BCUT2D eigenvalue weighted by Crippen LogP contribution is -2.46. The predicted molar refractivity (Wildman–Crippen MR) is 119 cm³/mol. The summed E-state index contributed by atoms with van der Waals surface area (Å²) in [6.45, 7) is 8.42. The molecule has 0 amide bonds. The van der Waals surface area contributed by atoms with Crippen LogP contribution in [0.15, 0.2) is 67.0 Å². The van der Waals surface area contributed by atoms with Gasteiger partial charge in [0.1, 0.15) is 0 Å². The molecular formula is C23H30N2O3Si. The number of imidazole rings is 1. The summed E-state index contributed by atoms with van der Waals surface area (Å²) in [5.41, 5.74) is 4.32. The molecule has 0 aliphatic carbocycles. The molecule has 3 rings (SSSR count). The van der Waals surface area contributed by atoms with Gasteiger partial charge in [0.15, 0.2) is 0 Å². The minimum Gasteiger partial charge on any atom is -0.374 e. The summed E-state index contributed by atoms with van der Waals surface area (Å²) in [7, 11) is -2.72. The number of aromatic nitrogens is 2. The van der Waals surface area contributed by atoms with Gasteiger partial charge in [-0.15, -0.1) is 0 Å². The van der Waals surface area contributed by atoms with Gasteiger partial charge >= 0.3 is 8.80 Å². The highest BCUT2D eigenvalue weighted by atomic mass is 28.4. The smallest absolute Gasteiger partial charge is 0.374 e. The third-order valence-electron chi connectivity index (χ3n) is 4.68. The molecule has 0 saturated carbocycles. The maximum absolute atomic E-state index is 6.03. The van der Waals surface area contributed by atoms with Crippen molar-refractivity contribution in [3.05, 3.63) is 67.0 Å². The third kappa shape index (κ3) is 5.22. The molecule has 29 heavy (non-hydrogen) atoms. The molecule has 6 heteroatoms. The fraction of sp³-hybridized carbons (Fsp3) is 0.348. The molecule has 0 spiro atoms. The lowest BCUT2D eigenvalue weighted by molar-refractivity contribution is 0.0702. The molecule has 1 aromatic heterocycles. The van der Waals surface area contributed by atoms with E-state index in [1.54, 1.807) is 0 Å². The fourth-order valence-corrected chi connectivity index (χ4v) is 6.03. The molecule has 2 aromatic carbocycles. The molecule has 5 nitrogen and oxygen atoms in total. The van der Waals surface area contributed by atoms with Crippen LogP contribution >= 0.6 is 0 Å². The molecular weight excluding hydrogens is 380 g/mol. The number of hydrogen-bond acceptors (Lipinski definition) is 4. The highest BCUT2D eigenvalue weighted by Crippen LogP contribution is 2.32. The van der Waals surface area contributed by atoms with Crippen molar-refractivity contribution in [1.29, 1.82) is 0 Å². The second kappa shape index (κ2) is 10.5. The first-order valence-corrected chi connectivity index (χ1v) is 12.2. The number of hydrogen-bond donors (Lipinski definition) is 0. The Bertz CT molecular complexity index is 851. The Hall–Kier alpha value is -2.25. The van der Waals surface area contributed by atoms with Gasteiger partial charge in [-0.3, -0.25) is 0 Å². The summed E-state index contributed by atoms with van der Waals surface area (Å²) in [4.78, 5) is 4.76. The lowest BCUT2D eigenvalue weighted by Gasteiger charge is -2.28. The minimum absolute atomic E-state index is 0.580. The number of rotatable bonds is 11. The zero-order valence-corrected chi connectivity index (χ0v) is 18.5. The van der Waals surface area contributed by atoms with Gasteiger partial charge in [-0.2, -0.15) is 0 Å². The number of nitrogens with zero attached hydrogens (tertiary/aromatic N) is 2. The Labute approximate surface area is 174 Å². The summed E-state index contributed by atoms with van der Waals surface area (Å²) >= 11 is 0. The summed E-state index contributed by atoms with van der Waals surface area (Å²) in [6, 6.07) is 21.4. The van der Waals surface area contributed by atoms with E-state index in [1.807, 2.05) is 51.4 Å². The molecule has 0 unspecified atom stereocenters. The van der Waals surface area contributed by atoms with Crippen molar-refractivity contribution in [2.45, 2.75) is 33.4 Å². The highest BCUT2D eigenvalue weighted by molar-refractivity contribution is 6.60. The van der Waals surface area contributed by atoms with Crippen LogP contribution < -0.4 is 0 Å². The summed E-state index contributed by atoms with van der Waals surface area (Å²) in [6.07, 6.45) is 1.91. The van der Waals surface area contributed by atoms with E-state index >= 15 is 0 Å². The molecule has 0 saturated heterocycles. The summed E-state index contributed by atoms with van der Waals surface area (Å²) in [5, 5.41) is 0. The quantitative estimate of drug-likeness (QED) is 0.404. The topological polar surface area (TPSA) is 45.5 Å². The van der Waals surface area contributed by atoms with Crippen molar-refractivity contribution in [1.82, 2.24) is 9.55 Å². The van der Waals surface area contributed by atoms with Crippen LogP contribution in [0.3, 0.4) is 0 Å². The normalized spacial score (nSPS) is 11.7. The second-order valence-electron chi connectivity index (χ2n) is 6.60. The van der Waals surface area contributed by atoms with Crippen LogP contribution in [0.4, 0.5) is 0 Å². The predicted octanol–water partition coefficient (Wildman–Crippen LogP) is 5.27. The SMILES string of the molecule is CCO[Si](CCn1cnc(-c2ccccc2)c1-c1ccccc1)(OCC)OCC. The van der Waals surface area contributed by atoms with Crippen LogP contribution in [0.1, 0.15) is 20.8 Å². The first-order valence-electron chi connectivity index (χ1n) is 10.3. The van der Waals surface area contributed by atoms with Gasteiger partial charge in [0.2, 0.25) is 0 Å². The van der Waals surface area contributed by atoms with Crippen LogP contribution in [-0.4, -0.2) is 38.2 Å². The van der Waals surface area contributed by atoms with Gasteiger partial charge in [-0.25, -0.2) is 4.98 Å². The van der Waals surface area contributed by atoms with E-state index in [0.29, 0.717) is 25.9 Å². The maximum Gasteiger partial charge on any atom is 0.502 e. The highest BCUT2D eigenvalue weighted by Gasteiger charge is 2.40. The molecule has 0 bridgehead atoms. The van der Waals surface area contributed by atoms with Crippen LogP contribution in [0, 0.1) is 0 Å². The van der Waals surface area contributed by atoms with Gasteiger partial charge < -0.3 is 17.8 Å². The molecule has 0 atom stereocenters. The lowest BCUT2D eigenvalue weighted by atomic mass is 10.0. The largest absolute Gasteiger partial charge is 0.502 e. The van der Waals surface area contributed by atoms with E-state index < -0.39 is 8.80 Å². The van der Waals surface area contributed by atoms with Gasteiger partial charge in [-0.1, -0.05) is 60.7 Å². The van der Waals surface area contributed by atoms with Gasteiger partial charge in [0.05, 0.1) is 17.7 Å². The second-order valence-corrected chi connectivity index (χ2v) is 9.33. The monoisotopic (exact) mass is 410 g/mol. The molecule has 0 radical (unpaired) electrons. The minimum atomic E-state index is -2.72. The molecule has 154 valence electrons. The maximum atomic E-state index is 6.03. The Morgan fingerprint density at radius 3 is 1.79 bits per heavy atom. The fourth-order valence-electron chi connectivity index (χ4n) is 3.52. The van der Waals surface area contributed by atoms with Gasteiger partial charge in [0, 0.05) is 43.5 Å². The average molecular weight is 411 g/mol. The van der Waals surface area contributed by atoms with Crippen molar-refractivity contribution >= 4 is 8.80 Å². The van der Waals surface area contributed by atoms with Crippen molar-refractivity contribution in [2.24, 2.45) is 0 Å². The van der Waals surface area contributed by atoms with Crippen LogP contribution in [-0.2, 0) is 19.8 Å². The van der Waals surface area contributed by atoms with Gasteiger partial charge in [0.25, 0.3) is 0 Å². The molecule has 3 aromatic rings. The van der Waals surface area contributed by atoms with E-state index in [0.717, 1.165) is 29.1 Å². The standard InChI is InChI=1S/C23H30N2O3Si/c1-4-26-29(27-5-2,28-6-3)18-17-25-19-24-22(20-13-9-7-10-14-20)23(25)21-15-11-8-12-16-21/h7-16,19H,4-6,17-18H2,1-3H3. The summed E-state index contributed by atoms with van der Waals surface area (Å²) < 4.78 is 20.3. The van der Waals surface area contributed by atoms with E-state index in [1.165, 1.54) is 0 Å². The Balaban J connectivity index is 1.96. The first kappa shape index (κ1) is 21.5. The molecule has 0 aliphatic rings. The van der Waals surface area contributed by atoms with Crippen LogP contribution in [0.2, 0.25) is 6.04 Å². The third-order valence-corrected chi connectivity index (χ3v) is 7.71. The Morgan fingerprint density at radius 1 is 0.759 bits per heavy atom. The Kier molecular flexibility index (Phi) is 7.77. The first-order chi connectivity index (χ1) is 14.2. The zero-order valence-electron chi connectivity index (χ0n) is 17.5. The number of benzene rings is 2. The van der Waals surface area contributed by atoms with E-state index in [-0.39, 0.29) is 0 Å². The molecule has 0 N–H and O–H groups in total. The van der Waals surface area contributed by atoms with Crippen LogP contribution in [0.5, 0.6) is 0 Å².